The predicted octanol–water partition coefficient (Wildman–Crippen LogP) is 3.77. The Balaban J connectivity index is 1.60. The van der Waals surface area contributed by atoms with Crippen molar-refractivity contribution in [2.24, 2.45) is 0 Å². The number of nitriles is 1. The van der Waals surface area contributed by atoms with Crippen LogP contribution in [0.1, 0.15) is 58.9 Å². The normalized spacial score (nSPS) is 15.9. The van der Waals surface area contributed by atoms with Gasteiger partial charge in [-0.3, -0.25) is 4.79 Å². The first-order valence-corrected chi connectivity index (χ1v) is 10.0. The van der Waals surface area contributed by atoms with E-state index in [9.17, 15) is 10.1 Å². The number of ether oxygens (including phenoxy) is 2. The van der Waals surface area contributed by atoms with Gasteiger partial charge < -0.3 is 14.8 Å². The van der Waals surface area contributed by atoms with Crippen LogP contribution in [-0.4, -0.2) is 23.9 Å². The number of pyridine rings is 1. The summed E-state index contributed by atoms with van der Waals surface area (Å²) in [4.78, 5) is 17.5. The summed E-state index contributed by atoms with van der Waals surface area (Å²) in [5.74, 6) is 1.52. The second-order valence-electron chi connectivity index (χ2n) is 6.67. The Kier molecular flexibility index (Phi) is 4.66. The van der Waals surface area contributed by atoms with E-state index in [0.29, 0.717) is 33.6 Å². The summed E-state index contributed by atoms with van der Waals surface area (Å²) < 4.78 is 10.7. The molecule has 2 aliphatic rings. The Labute approximate surface area is 161 Å². The first-order valence-electron chi connectivity index (χ1n) is 8.80. The molecule has 4 rings (SSSR count). The van der Waals surface area contributed by atoms with E-state index in [2.05, 4.69) is 16.4 Å². The number of fused-ring (bicyclic) bond motifs is 1. The summed E-state index contributed by atoms with van der Waals surface area (Å²) in [5, 5.41) is 13.2. The van der Waals surface area contributed by atoms with Gasteiger partial charge in [-0.1, -0.05) is 6.07 Å². The third-order valence-corrected chi connectivity index (χ3v) is 5.48. The molecule has 1 aromatic heterocycles. The molecule has 1 aliphatic heterocycles. The van der Waals surface area contributed by atoms with Crippen LogP contribution in [0.15, 0.2) is 29.3 Å². The SMILES string of the molecule is CSc1nc(C2CC2)cc(C(=O)NC(C)c2ccc3c(c2)OCO3)c1C#N. The maximum Gasteiger partial charge on any atom is 0.253 e. The summed E-state index contributed by atoms with van der Waals surface area (Å²) >= 11 is 1.40. The van der Waals surface area contributed by atoms with Crippen molar-refractivity contribution in [3.8, 4) is 17.6 Å². The fraction of sp³-hybridized carbons (Fsp3) is 0.350. The summed E-state index contributed by atoms with van der Waals surface area (Å²) in [6, 6.07) is 9.29. The van der Waals surface area contributed by atoms with Crippen LogP contribution in [0.5, 0.6) is 11.5 Å². The molecule has 138 valence electrons. The van der Waals surface area contributed by atoms with E-state index in [1.807, 2.05) is 31.4 Å². The zero-order valence-corrected chi connectivity index (χ0v) is 15.9. The van der Waals surface area contributed by atoms with Crippen LogP contribution in [0.3, 0.4) is 0 Å². The maximum atomic E-state index is 13.0. The molecule has 6 nitrogen and oxygen atoms in total. The molecule has 0 saturated heterocycles. The molecular weight excluding hydrogens is 362 g/mol. The van der Waals surface area contributed by atoms with Gasteiger partial charge in [0.1, 0.15) is 11.1 Å². The van der Waals surface area contributed by atoms with Gasteiger partial charge in [-0.05, 0) is 49.8 Å². The molecule has 0 spiro atoms. The van der Waals surface area contributed by atoms with Crippen molar-refractivity contribution in [2.75, 3.05) is 13.0 Å². The van der Waals surface area contributed by atoms with Crippen molar-refractivity contribution >= 4 is 17.7 Å². The molecule has 1 aliphatic carbocycles. The number of hydrogen-bond donors (Lipinski definition) is 1. The van der Waals surface area contributed by atoms with Crippen molar-refractivity contribution in [1.82, 2.24) is 10.3 Å². The molecule has 1 atom stereocenters. The van der Waals surface area contributed by atoms with E-state index in [0.717, 1.165) is 24.1 Å². The number of thioether (sulfide) groups is 1. The van der Waals surface area contributed by atoms with E-state index < -0.39 is 0 Å². The Morgan fingerprint density at radius 2 is 2.11 bits per heavy atom. The van der Waals surface area contributed by atoms with Crippen molar-refractivity contribution in [2.45, 2.75) is 36.8 Å². The summed E-state index contributed by atoms with van der Waals surface area (Å²) in [6.45, 7) is 2.11. The van der Waals surface area contributed by atoms with E-state index in [1.165, 1.54) is 11.8 Å². The van der Waals surface area contributed by atoms with Crippen LogP contribution in [0.4, 0.5) is 0 Å². The number of amides is 1. The number of aromatic nitrogens is 1. The molecule has 1 unspecified atom stereocenters. The highest BCUT2D eigenvalue weighted by Crippen LogP contribution is 2.40. The van der Waals surface area contributed by atoms with Crippen LogP contribution in [-0.2, 0) is 0 Å². The second kappa shape index (κ2) is 7.12. The zero-order chi connectivity index (χ0) is 19.0. The average molecular weight is 381 g/mol. The summed E-state index contributed by atoms with van der Waals surface area (Å²) in [6.07, 6.45) is 4.04. The van der Waals surface area contributed by atoms with Gasteiger partial charge in [0.2, 0.25) is 6.79 Å². The Morgan fingerprint density at radius 3 is 2.81 bits per heavy atom. The van der Waals surface area contributed by atoms with Crippen LogP contribution in [0.2, 0.25) is 0 Å². The van der Waals surface area contributed by atoms with Crippen LogP contribution < -0.4 is 14.8 Å². The van der Waals surface area contributed by atoms with E-state index in [1.54, 1.807) is 6.07 Å². The lowest BCUT2D eigenvalue weighted by molar-refractivity contribution is 0.0939. The first-order chi connectivity index (χ1) is 13.1. The second-order valence-corrected chi connectivity index (χ2v) is 7.47. The monoisotopic (exact) mass is 381 g/mol. The molecule has 1 N–H and O–H groups in total. The molecule has 1 fully saturated rings. The predicted molar refractivity (Wildman–Crippen MR) is 101 cm³/mol. The smallest absolute Gasteiger partial charge is 0.253 e. The lowest BCUT2D eigenvalue weighted by Gasteiger charge is -2.16. The molecule has 1 amide bonds. The molecule has 7 heteroatoms. The van der Waals surface area contributed by atoms with Gasteiger partial charge in [0.05, 0.1) is 17.2 Å². The minimum atomic E-state index is -0.267. The van der Waals surface area contributed by atoms with Gasteiger partial charge >= 0.3 is 0 Å². The van der Waals surface area contributed by atoms with Gasteiger partial charge in [0.25, 0.3) is 5.91 Å². The minimum absolute atomic E-state index is 0.212. The Bertz CT molecular complexity index is 950. The lowest BCUT2D eigenvalue weighted by Crippen LogP contribution is -2.27. The fourth-order valence-electron chi connectivity index (χ4n) is 3.10. The van der Waals surface area contributed by atoms with Crippen molar-refractivity contribution in [3.05, 3.63) is 46.6 Å². The van der Waals surface area contributed by atoms with Crippen LogP contribution >= 0.6 is 11.8 Å². The number of carbonyl (C=O) groups is 1. The molecule has 1 saturated carbocycles. The number of benzene rings is 1. The van der Waals surface area contributed by atoms with Gasteiger partial charge in [-0.25, -0.2) is 4.98 Å². The van der Waals surface area contributed by atoms with Crippen molar-refractivity contribution in [1.29, 1.82) is 5.26 Å². The van der Waals surface area contributed by atoms with Crippen LogP contribution in [0, 0.1) is 11.3 Å². The Morgan fingerprint density at radius 1 is 1.33 bits per heavy atom. The number of nitrogens with one attached hydrogen (secondary N) is 1. The van der Waals surface area contributed by atoms with Gasteiger partial charge in [-0.2, -0.15) is 5.26 Å². The molecule has 1 aromatic carbocycles. The lowest BCUT2D eigenvalue weighted by atomic mass is 10.0. The molecule has 2 aromatic rings. The Hall–Kier alpha value is -2.72. The third kappa shape index (κ3) is 3.45. The highest BCUT2D eigenvalue weighted by Gasteiger charge is 2.29. The van der Waals surface area contributed by atoms with E-state index >= 15 is 0 Å². The van der Waals surface area contributed by atoms with E-state index in [4.69, 9.17) is 9.47 Å². The quantitative estimate of drug-likeness (QED) is 0.794. The molecule has 27 heavy (non-hydrogen) atoms. The van der Waals surface area contributed by atoms with Crippen LogP contribution in [0.25, 0.3) is 0 Å². The summed E-state index contributed by atoms with van der Waals surface area (Å²) in [5.41, 5.74) is 2.54. The highest BCUT2D eigenvalue weighted by atomic mass is 32.2. The third-order valence-electron chi connectivity index (χ3n) is 4.80. The minimum Gasteiger partial charge on any atom is -0.454 e. The first kappa shape index (κ1) is 17.7. The molecule has 0 bridgehead atoms. The van der Waals surface area contributed by atoms with Gasteiger partial charge in [0, 0.05) is 11.6 Å². The number of nitrogens with zero attached hydrogens (tertiary/aromatic N) is 2. The largest absolute Gasteiger partial charge is 0.454 e. The molecular formula is C20H19N3O3S. The van der Waals surface area contributed by atoms with Crippen molar-refractivity contribution < 1.29 is 14.3 Å². The topological polar surface area (TPSA) is 84.2 Å². The summed E-state index contributed by atoms with van der Waals surface area (Å²) in [7, 11) is 0. The van der Waals surface area contributed by atoms with Gasteiger partial charge in [-0.15, -0.1) is 11.8 Å². The highest BCUT2D eigenvalue weighted by molar-refractivity contribution is 7.98. The standard InChI is InChI=1S/C20H19N3O3S/c1-11(13-5-6-17-18(7-13)26-10-25-17)22-19(24)14-8-16(12-3-4-12)23-20(27-2)15(14)9-21/h5-8,11-12H,3-4,10H2,1-2H3,(H,22,24). The van der Waals surface area contributed by atoms with Gasteiger partial charge in [0.15, 0.2) is 11.5 Å². The zero-order valence-electron chi connectivity index (χ0n) is 15.1. The average Bonchev–Trinajstić information content (AvgIpc) is 3.43. The van der Waals surface area contributed by atoms with Crippen molar-refractivity contribution in [3.63, 3.8) is 0 Å². The molecule has 0 radical (unpaired) electrons. The maximum absolute atomic E-state index is 13.0. The number of rotatable bonds is 5. The molecule has 2 heterocycles. The number of carbonyl (C=O) groups excluding carboxylic acids is 1. The fourth-order valence-corrected chi connectivity index (χ4v) is 3.66. The van der Waals surface area contributed by atoms with E-state index in [-0.39, 0.29) is 18.7 Å². The number of hydrogen-bond acceptors (Lipinski definition) is 6.